The molecule has 1 spiro atoms. The molecule has 150 valence electrons. The van der Waals surface area contributed by atoms with Crippen molar-refractivity contribution in [3.63, 3.8) is 0 Å². The Hall–Kier alpha value is -1.48. The predicted molar refractivity (Wildman–Crippen MR) is 90.5 cm³/mol. The lowest BCUT2D eigenvalue weighted by atomic mass is 9.51. The maximum Gasteiger partial charge on any atom is 0.303 e. The standard InChI is InChI=1S/C19H26O8/c1-9-5-13-18(7-20,6-12(9)25-10(2)21)17(4)15(26-11(3)22)14(23)16(27-13)19(17)8-24-19/h5,12-16,20,23H,6-8H2,1-4H3/t12-,13+,14+,15+,16+,17-,18+,19-/m0/s1. The van der Waals surface area contributed by atoms with E-state index in [4.69, 9.17) is 18.9 Å². The number of rotatable bonds is 3. The SMILES string of the molecule is CC(=O)O[C@H]1C[C@@]2(CO)[C@@H](C=C1C)O[C@@H]1[C@H](O)[C@@H](OC(C)=O)[C@]2(C)[C@]12CO2. The van der Waals surface area contributed by atoms with Crippen molar-refractivity contribution in [1.82, 2.24) is 0 Å². The van der Waals surface area contributed by atoms with Crippen molar-refractivity contribution in [2.75, 3.05) is 13.2 Å². The average Bonchev–Trinajstić information content (AvgIpc) is 3.36. The molecule has 2 saturated heterocycles. The van der Waals surface area contributed by atoms with Gasteiger partial charge in [-0.1, -0.05) is 13.0 Å². The van der Waals surface area contributed by atoms with Crippen LogP contribution in [0.4, 0.5) is 0 Å². The van der Waals surface area contributed by atoms with E-state index in [0.717, 1.165) is 5.57 Å². The molecular formula is C19H26O8. The Balaban J connectivity index is 1.85. The van der Waals surface area contributed by atoms with Crippen molar-refractivity contribution < 1.29 is 38.7 Å². The summed E-state index contributed by atoms with van der Waals surface area (Å²) in [6.07, 6.45) is -1.55. The van der Waals surface area contributed by atoms with Gasteiger partial charge in [0, 0.05) is 19.3 Å². The first-order valence-electron chi connectivity index (χ1n) is 9.24. The summed E-state index contributed by atoms with van der Waals surface area (Å²) >= 11 is 0. The number of ether oxygens (including phenoxy) is 4. The van der Waals surface area contributed by atoms with E-state index in [-0.39, 0.29) is 13.0 Å². The molecule has 8 heteroatoms. The van der Waals surface area contributed by atoms with Crippen molar-refractivity contribution >= 4 is 11.9 Å². The van der Waals surface area contributed by atoms with E-state index in [1.165, 1.54) is 13.8 Å². The molecule has 3 fully saturated rings. The molecule has 2 aliphatic carbocycles. The van der Waals surface area contributed by atoms with E-state index in [1.807, 2.05) is 19.9 Å². The summed E-state index contributed by atoms with van der Waals surface area (Å²) in [5, 5.41) is 21.5. The second-order valence-corrected chi connectivity index (χ2v) is 8.41. The van der Waals surface area contributed by atoms with Crippen LogP contribution in [0.1, 0.15) is 34.1 Å². The second kappa shape index (κ2) is 5.76. The minimum Gasteiger partial charge on any atom is -0.459 e. The topological polar surface area (TPSA) is 115 Å². The Bertz CT molecular complexity index is 712. The first-order valence-corrected chi connectivity index (χ1v) is 9.24. The first kappa shape index (κ1) is 18.9. The fraction of sp³-hybridized carbons (Fsp3) is 0.789. The van der Waals surface area contributed by atoms with Crippen molar-refractivity contribution in [2.45, 2.75) is 70.2 Å². The lowest BCUT2D eigenvalue weighted by Crippen LogP contribution is -2.67. The lowest BCUT2D eigenvalue weighted by Gasteiger charge is -2.58. The Morgan fingerprint density at radius 2 is 1.93 bits per heavy atom. The zero-order valence-electron chi connectivity index (χ0n) is 15.9. The highest BCUT2D eigenvalue weighted by molar-refractivity contribution is 5.67. The van der Waals surface area contributed by atoms with Crippen LogP contribution < -0.4 is 0 Å². The molecule has 0 aromatic carbocycles. The van der Waals surface area contributed by atoms with E-state index < -0.39 is 58.9 Å². The molecule has 0 unspecified atom stereocenters. The number of epoxide rings is 1. The third-order valence-electron chi connectivity index (χ3n) is 7.21. The molecule has 2 bridgehead atoms. The summed E-state index contributed by atoms with van der Waals surface area (Å²) in [7, 11) is 0. The molecule has 8 atom stereocenters. The highest BCUT2D eigenvalue weighted by Gasteiger charge is 2.85. The molecule has 8 nitrogen and oxygen atoms in total. The molecule has 2 heterocycles. The lowest BCUT2D eigenvalue weighted by molar-refractivity contribution is -0.237. The third kappa shape index (κ3) is 2.18. The van der Waals surface area contributed by atoms with Crippen molar-refractivity contribution in [2.24, 2.45) is 10.8 Å². The van der Waals surface area contributed by atoms with Gasteiger partial charge in [-0.25, -0.2) is 0 Å². The molecule has 2 aliphatic heterocycles. The van der Waals surface area contributed by atoms with Crippen LogP contribution in [0.25, 0.3) is 0 Å². The molecule has 0 radical (unpaired) electrons. The number of carbonyl (C=O) groups excluding carboxylic acids is 2. The maximum absolute atomic E-state index is 11.8. The fourth-order valence-electron chi connectivity index (χ4n) is 5.72. The quantitative estimate of drug-likeness (QED) is 0.401. The third-order valence-corrected chi connectivity index (χ3v) is 7.21. The van der Waals surface area contributed by atoms with Gasteiger partial charge in [-0.3, -0.25) is 9.59 Å². The van der Waals surface area contributed by atoms with Gasteiger partial charge in [-0.2, -0.15) is 0 Å². The Morgan fingerprint density at radius 3 is 2.44 bits per heavy atom. The van der Waals surface area contributed by atoms with Crippen LogP contribution in [0.2, 0.25) is 0 Å². The summed E-state index contributed by atoms with van der Waals surface area (Å²) in [4.78, 5) is 23.3. The van der Waals surface area contributed by atoms with Crippen LogP contribution >= 0.6 is 0 Å². The molecule has 0 aromatic rings. The minimum atomic E-state index is -1.07. The van der Waals surface area contributed by atoms with Gasteiger partial charge in [-0.05, 0) is 18.9 Å². The number of hydrogen-bond acceptors (Lipinski definition) is 8. The number of esters is 2. The maximum atomic E-state index is 11.8. The zero-order chi connectivity index (χ0) is 19.8. The fourth-order valence-corrected chi connectivity index (χ4v) is 5.72. The Labute approximate surface area is 157 Å². The Kier molecular flexibility index (Phi) is 4.03. The van der Waals surface area contributed by atoms with Gasteiger partial charge in [-0.15, -0.1) is 0 Å². The van der Waals surface area contributed by atoms with Crippen molar-refractivity contribution in [3.8, 4) is 0 Å². The van der Waals surface area contributed by atoms with Crippen LogP contribution in [0.3, 0.4) is 0 Å². The summed E-state index contributed by atoms with van der Waals surface area (Å²) in [6, 6.07) is 0. The van der Waals surface area contributed by atoms with Gasteiger partial charge in [0.05, 0.1) is 24.7 Å². The Morgan fingerprint density at radius 1 is 1.30 bits per heavy atom. The summed E-state index contributed by atoms with van der Waals surface area (Å²) in [6.45, 7) is 6.40. The average molecular weight is 382 g/mol. The van der Waals surface area contributed by atoms with E-state index in [1.54, 1.807) is 0 Å². The summed E-state index contributed by atoms with van der Waals surface area (Å²) in [5.74, 6) is -0.938. The summed E-state index contributed by atoms with van der Waals surface area (Å²) in [5.41, 5.74) is -1.88. The largest absolute Gasteiger partial charge is 0.459 e. The number of hydrogen-bond donors (Lipinski definition) is 2. The highest BCUT2D eigenvalue weighted by atomic mass is 16.7. The van der Waals surface area contributed by atoms with E-state index in [2.05, 4.69) is 0 Å². The zero-order valence-corrected chi connectivity index (χ0v) is 15.9. The molecule has 0 amide bonds. The smallest absolute Gasteiger partial charge is 0.303 e. The summed E-state index contributed by atoms with van der Waals surface area (Å²) < 4.78 is 23.1. The molecule has 0 aromatic heterocycles. The number of aliphatic hydroxyl groups is 2. The first-order chi connectivity index (χ1) is 12.6. The molecule has 27 heavy (non-hydrogen) atoms. The van der Waals surface area contributed by atoms with Crippen molar-refractivity contribution in [1.29, 1.82) is 0 Å². The molecule has 4 aliphatic rings. The van der Waals surface area contributed by atoms with Crippen LogP contribution in [-0.2, 0) is 28.5 Å². The van der Waals surface area contributed by atoms with E-state index in [9.17, 15) is 19.8 Å². The van der Waals surface area contributed by atoms with Gasteiger partial charge in [0.2, 0.25) is 0 Å². The van der Waals surface area contributed by atoms with Gasteiger partial charge < -0.3 is 29.2 Å². The van der Waals surface area contributed by atoms with E-state index >= 15 is 0 Å². The number of aliphatic hydroxyl groups excluding tert-OH is 2. The molecular weight excluding hydrogens is 356 g/mol. The van der Waals surface area contributed by atoms with Gasteiger partial charge in [0.15, 0.2) is 0 Å². The van der Waals surface area contributed by atoms with Crippen LogP contribution in [0.15, 0.2) is 11.6 Å². The second-order valence-electron chi connectivity index (χ2n) is 8.41. The monoisotopic (exact) mass is 382 g/mol. The number of carbonyl (C=O) groups is 2. The molecule has 1 saturated carbocycles. The van der Waals surface area contributed by atoms with Gasteiger partial charge in [0.1, 0.15) is 30.0 Å². The normalized spacial score (nSPS) is 50.0. The van der Waals surface area contributed by atoms with Crippen molar-refractivity contribution in [3.05, 3.63) is 11.6 Å². The minimum absolute atomic E-state index is 0.287. The van der Waals surface area contributed by atoms with Gasteiger partial charge in [0.25, 0.3) is 0 Å². The van der Waals surface area contributed by atoms with Crippen LogP contribution in [0.5, 0.6) is 0 Å². The van der Waals surface area contributed by atoms with Gasteiger partial charge >= 0.3 is 11.9 Å². The molecule has 2 N–H and O–H groups in total. The van der Waals surface area contributed by atoms with E-state index in [0.29, 0.717) is 6.61 Å². The van der Waals surface area contributed by atoms with Crippen LogP contribution in [0, 0.1) is 10.8 Å². The predicted octanol–water partition coefficient (Wildman–Crippen LogP) is 0.0957. The van der Waals surface area contributed by atoms with Crippen LogP contribution in [-0.4, -0.2) is 71.5 Å². The number of fused-ring (bicyclic) bond motifs is 2. The highest BCUT2D eigenvalue weighted by Crippen LogP contribution is 2.71. The molecule has 4 rings (SSSR count).